The highest BCUT2D eigenvalue weighted by atomic mass is 35.5. The van der Waals surface area contributed by atoms with Crippen molar-refractivity contribution in [3.05, 3.63) is 34.9 Å². The van der Waals surface area contributed by atoms with E-state index in [1.165, 1.54) is 21.6 Å². The van der Waals surface area contributed by atoms with Crippen LogP contribution in [0.3, 0.4) is 0 Å². The molecule has 0 amide bonds. The van der Waals surface area contributed by atoms with Crippen molar-refractivity contribution in [2.24, 2.45) is 0 Å². The number of benzene rings is 1. The SMILES string of the molecule is Cc1ccc2c(c1)C(Cl)=C(CN1CCN(C)CC1)CS2. The molecule has 1 aromatic carbocycles. The van der Waals surface area contributed by atoms with Gasteiger partial charge >= 0.3 is 0 Å². The summed E-state index contributed by atoms with van der Waals surface area (Å²) in [7, 11) is 2.19. The first-order valence-electron chi connectivity index (χ1n) is 7.16. The van der Waals surface area contributed by atoms with E-state index in [4.69, 9.17) is 11.6 Å². The average Bonchev–Trinajstić information content (AvgIpc) is 2.45. The molecular formula is C16H21ClN2S. The predicted molar refractivity (Wildman–Crippen MR) is 88.6 cm³/mol. The number of fused-ring (bicyclic) bond motifs is 1. The van der Waals surface area contributed by atoms with E-state index >= 15 is 0 Å². The molecule has 0 bridgehead atoms. The molecule has 1 aromatic rings. The van der Waals surface area contributed by atoms with Gasteiger partial charge in [0.05, 0.1) is 5.03 Å². The number of piperazine rings is 1. The van der Waals surface area contributed by atoms with Crippen LogP contribution in [0.4, 0.5) is 0 Å². The maximum atomic E-state index is 6.66. The van der Waals surface area contributed by atoms with E-state index in [9.17, 15) is 0 Å². The maximum Gasteiger partial charge on any atom is 0.0503 e. The van der Waals surface area contributed by atoms with Gasteiger partial charge in [0, 0.05) is 48.9 Å². The van der Waals surface area contributed by atoms with Gasteiger partial charge in [-0.05, 0) is 31.7 Å². The first kappa shape index (κ1) is 14.5. The Labute approximate surface area is 130 Å². The van der Waals surface area contributed by atoms with Crippen LogP contribution in [0, 0.1) is 6.92 Å². The monoisotopic (exact) mass is 308 g/mol. The Kier molecular flexibility index (Phi) is 4.41. The molecule has 0 saturated carbocycles. The second-order valence-electron chi connectivity index (χ2n) is 5.79. The summed E-state index contributed by atoms with van der Waals surface area (Å²) in [5.41, 5.74) is 3.90. The molecule has 3 rings (SSSR count). The van der Waals surface area contributed by atoms with Gasteiger partial charge in [-0.25, -0.2) is 0 Å². The molecule has 2 aliphatic heterocycles. The van der Waals surface area contributed by atoms with Gasteiger partial charge in [-0.3, -0.25) is 4.90 Å². The van der Waals surface area contributed by atoms with Crippen LogP contribution in [0.25, 0.3) is 5.03 Å². The first-order chi connectivity index (χ1) is 9.63. The topological polar surface area (TPSA) is 6.48 Å². The van der Waals surface area contributed by atoms with Gasteiger partial charge in [-0.1, -0.05) is 23.2 Å². The zero-order valence-electron chi connectivity index (χ0n) is 12.2. The molecule has 2 heterocycles. The summed E-state index contributed by atoms with van der Waals surface area (Å²) < 4.78 is 0. The molecule has 0 aromatic heterocycles. The van der Waals surface area contributed by atoms with Crippen LogP contribution in [0.1, 0.15) is 11.1 Å². The van der Waals surface area contributed by atoms with Gasteiger partial charge in [-0.15, -0.1) is 11.8 Å². The summed E-state index contributed by atoms with van der Waals surface area (Å²) >= 11 is 8.58. The maximum absolute atomic E-state index is 6.66. The third-order valence-corrected chi connectivity index (χ3v) is 5.72. The minimum Gasteiger partial charge on any atom is -0.304 e. The lowest BCUT2D eigenvalue weighted by Gasteiger charge is -2.33. The second-order valence-corrected chi connectivity index (χ2v) is 7.18. The number of thioether (sulfide) groups is 1. The van der Waals surface area contributed by atoms with Crippen LogP contribution < -0.4 is 0 Å². The zero-order chi connectivity index (χ0) is 14.1. The van der Waals surface area contributed by atoms with Crippen LogP contribution in [0.15, 0.2) is 28.7 Å². The van der Waals surface area contributed by atoms with E-state index in [0.717, 1.165) is 43.5 Å². The van der Waals surface area contributed by atoms with Gasteiger partial charge in [0.15, 0.2) is 0 Å². The van der Waals surface area contributed by atoms with Gasteiger partial charge < -0.3 is 4.90 Å². The van der Waals surface area contributed by atoms with Gasteiger partial charge in [0.1, 0.15) is 0 Å². The molecule has 1 saturated heterocycles. The lowest BCUT2D eigenvalue weighted by atomic mass is 10.1. The summed E-state index contributed by atoms with van der Waals surface area (Å²) in [4.78, 5) is 6.24. The fraction of sp³-hybridized carbons (Fsp3) is 0.500. The number of rotatable bonds is 2. The van der Waals surface area contributed by atoms with Crippen LogP contribution in [0.2, 0.25) is 0 Å². The van der Waals surface area contributed by atoms with E-state index in [0.29, 0.717) is 0 Å². The number of nitrogens with zero attached hydrogens (tertiary/aromatic N) is 2. The molecule has 0 spiro atoms. The quantitative estimate of drug-likeness (QED) is 0.828. The fourth-order valence-electron chi connectivity index (χ4n) is 2.75. The van der Waals surface area contributed by atoms with Crippen molar-refractivity contribution in [2.45, 2.75) is 11.8 Å². The lowest BCUT2D eigenvalue weighted by Crippen LogP contribution is -2.45. The molecule has 0 radical (unpaired) electrons. The summed E-state index contributed by atoms with van der Waals surface area (Å²) in [5.74, 6) is 1.03. The number of hydrogen-bond acceptors (Lipinski definition) is 3. The number of halogens is 1. The predicted octanol–water partition coefficient (Wildman–Crippen LogP) is 3.30. The van der Waals surface area contributed by atoms with E-state index in [-0.39, 0.29) is 0 Å². The van der Waals surface area contributed by atoms with Crippen LogP contribution in [-0.4, -0.2) is 55.3 Å². The largest absolute Gasteiger partial charge is 0.304 e. The van der Waals surface area contributed by atoms with Crippen molar-refractivity contribution >= 4 is 28.4 Å². The Hall–Kier alpha value is -0.480. The van der Waals surface area contributed by atoms with E-state index in [1.54, 1.807) is 0 Å². The number of hydrogen-bond donors (Lipinski definition) is 0. The molecule has 0 N–H and O–H groups in total. The Balaban J connectivity index is 1.78. The Morgan fingerprint density at radius 2 is 1.95 bits per heavy atom. The summed E-state index contributed by atoms with van der Waals surface area (Å²) in [6, 6.07) is 6.58. The second kappa shape index (κ2) is 6.10. The van der Waals surface area contributed by atoms with Gasteiger partial charge in [-0.2, -0.15) is 0 Å². The third kappa shape index (κ3) is 3.06. The van der Waals surface area contributed by atoms with Crippen molar-refractivity contribution in [1.82, 2.24) is 9.80 Å². The molecule has 108 valence electrons. The molecule has 2 aliphatic rings. The van der Waals surface area contributed by atoms with Crippen LogP contribution in [-0.2, 0) is 0 Å². The third-order valence-electron chi connectivity index (χ3n) is 4.09. The standard InChI is InChI=1S/C16H21ClN2S/c1-12-3-4-15-14(9-12)16(17)13(11-20-15)10-19-7-5-18(2)6-8-19/h3-4,9H,5-8,10-11H2,1-2H3. The average molecular weight is 309 g/mol. The molecule has 20 heavy (non-hydrogen) atoms. The molecule has 0 atom stereocenters. The zero-order valence-corrected chi connectivity index (χ0v) is 13.7. The molecule has 1 fully saturated rings. The molecular weight excluding hydrogens is 288 g/mol. The van der Waals surface area contributed by atoms with Gasteiger partial charge in [0.25, 0.3) is 0 Å². The number of aryl methyl sites for hydroxylation is 1. The van der Waals surface area contributed by atoms with Crippen LogP contribution in [0.5, 0.6) is 0 Å². The Morgan fingerprint density at radius 1 is 1.20 bits per heavy atom. The van der Waals surface area contributed by atoms with Crippen molar-refractivity contribution in [3.63, 3.8) is 0 Å². The molecule has 0 unspecified atom stereocenters. The van der Waals surface area contributed by atoms with Crippen molar-refractivity contribution in [1.29, 1.82) is 0 Å². The minimum absolute atomic E-state index is 0.987. The summed E-state index contributed by atoms with van der Waals surface area (Å²) in [5, 5.41) is 0.987. The Morgan fingerprint density at radius 3 is 2.70 bits per heavy atom. The molecule has 0 aliphatic carbocycles. The van der Waals surface area contributed by atoms with Crippen LogP contribution >= 0.6 is 23.4 Å². The summed E-state index contributed by atoms with van der Waals surface area (Å²) in [6.07, 6.45) is 0. The van der Waals surface area contributed by atoms with E-state index in [1.807, 2.05) is 11.8 Å². The highest BCUT2D eigenvalue weighted by Crippen LogP contribution is 2.39. The van der Waals surface area contributed by atoms with E-state index in [2.05, 4.69) is 42.0 Å². The normalized spacial score (nSPS) is 21.1. The summed E-state index contributed by atoms with van der Waals surface area (Å²) in [6.45, 7) is 7.77. The first-order valence-corrected chi connectivity index (χ1v) is 8.52. The lowest BCUT2D eigenvalue weighted by molar-refractivity contribution is 0.164. The van der Waals surface area contributed by atoms with Gasteiger partial charge in [0.2, 0.25) is 0 Å². The van der Waals surface area contributed by atoms with Crippen molar-refractivity contribution < 1.29 is 0 Å². The fourth-order valence-corrected chi connectivity index (χ4v) is 4.22. The molecule has 2 nitrogen and oxygen atoms in total. The number of likely N-dealkylation sites (N-methyl/N-ethyl adjacent to an activating group) is 1. The molecule has 4 heteroatoms. The van der Waals surface area contributed by atoms with E-state index < -0.39 is 0 Å². The Bertz CT molecular complexity index is 533. The minimum atomic E-state index is 0.987. The smallest absolute Gasteiger partial charge is 0.0503 e. The highest BCUT2D eigenvalue weighted by Gasteiger charge is 2.21. The highest BCUT2D eigenvalue weighted by molar-refractivity contribution is 7.99. The van der Waals surface area contributed by atoms with Crippen molar-refractivity contribution in [2.75, 3.05) is 45.5 Å². The van der Waals surface area contributed by atoms with Crippen molar-refractivity contribution in [3.8, 4) is 0 Å².